The van der Waals surface area contributed by atoms with Gasteiger partial charge in [-0.3, -0.25) is 14.7 Å². The molecule has 1 fully saturated rings. The first-order chi connectivity index (χ1) is 12.9. The predicted molar refractivity (Wildman–Crippen MR) is 95.0 cm³/mol. The van der Waals surface area contributed by atoms with Crippen LogP contribution in [-0.4, -0.2) is 53.0 Å². The molecule has 0 aliphatic carbocycles. The summed E-state index contributed by atoms with van der Waals surface area (Å²) in [7, 11) is 0. The number of hydrogen-bond acceptors (Lipinski definition) is 6. The number of fused-ring (bicyclic) bond motifs is 1. The molecule has 0 saturated carbocycles. The highest BCUT2D eigenvalue weighted by Crippen LogP contribution is 2.31. The summed E-state index contributed by atoms with van der Waals surface area (Å²) in [5, 5.41) is 11.1. The number of aromatic nitrogens is 6. The molecular formula is C17H20N8O2. The molecule has 0 spiro atoms. The third-order valence-electron chi connectivity index (χ3n) is 4.78. The molecule has 3 aromatic rings. The van der Waals surface area contributed by atoms with Gasteiger partial charge in [0.05, 0.1) is 11.7 Å². The SMILES string of the molecule is Cc1cc(C)n2nc(C(=O)N3CCCCC3c3cc(C(N)=O)n[nH]3)nc2n1. The molecule has 4 rings (SSSR count). The monoisotopic (exact) mass is 368 g/mol. The van der Waals surface area contributed by atoms with Gasteiger partial charge in [-0.2, -0.15) is 10.1 Å². The van der Waals surface area contributed by atoms with Crippen molar-refractivity contribution >= 4 is 17.6 Å². The summed E-state index contributed by atoms with van der Waals surface area (Å²) in [5.74, 6) is -0.359. The van der Waals surface area contributed by atoms with Crippen LogP contribution in [0.4, 0.5) is 0 Å². The number of rotatable bonds is 3. The van der Waals surface area contributed by atoms with Crippen molar-refractivity contribution in [2.24, 2.45) is 5.73 Å². The fraction of sp³-hybridized carbons (Fsp3) is 0.412. The number of nitrogens with one attached hydrogen (secondary N) is 1. The second-order valence-electron chi connectivity index (χ2n) is 6.77. The molecular weight excluding hydrogens is 348 g/mol. The van der Waals surface area contributed by atoms with E-state index in [0.717, 1.165) is 30.7 Å². The number of aromatic amines is 1. The normalized spacial score (nSPS) is 17.4. The summed E-state index contributed by atoms with van der Waals surface area (Å²) in [6, 6.07) is 3.26. The lowest BCUT2D eigenvalue weighted by atomic mass is 9.99. The summed E-state index contributed by atoms with van der Waals surface area (Å²) in [4.78, 5) is 34.8. The Hall–Kier alpha value is -3.30. The molecule has 10 nitrogen and oxygen atoms in total. The average Bonchev–Trinajstić information content (AvgIpc) is 3.28. The first-order valence-electron chi connectivity index (χ1n) is 8.81. The van der Waals surface area contributed by atoms with Gasteiger partial charge in [0.25, 0.3) is 17.6 Å². The maximum absolute atomic E-state index is 13.1. The van der Waals surface area contributed by atoms with E-state index in [4.69, 9.17) is 5.73 Å². The van der Waals surface area contributed by atoms with E-state index in [9.17, 15) is 9.59 Å². The summed E-state index contributed by atoms with van der Waals surface area (Å²) in [6.45, 7) is 4.35. The molecule has 3 N–H and O–H groups in total. The van der Waals surface area contributed by atoms with E-state index >= 15 is 0 Å². The highest BCUT2D eigenvalue weighted by Gasteiger charge is 2.32. The Morgan fingerprint density at radius 1 is 1.22 bits per heavy atom. The van der Waals surface area contributed by atoms with Crippen LogP contribution in [-0.2, 0) is 0 Å². The Kier molecular flexibility index (Phi) is 4.09. The van der Waals surface area contributed by atoms with E-state index < -0.39 is 5.91 Å². The van der Waals surface area contributed by atoms with E-state index in [1.807, 2.05) is 19.9 Å². The van der Waals surface area contributed by atoms with Gasteiger partial charge in [-0.1, -0.05) is 0 Å². The van der Waals surface area contributed by atoms with E-state index in [2.05, 4.69) is 25.3 Å². The number of hydrogen-bond donors (Lipinski definition) is 2. The molecule has 4 heterocycles. The van der Waals surface area contributed by atoms with Crippen LogP contribution in [0.5, 0.6) is 0 Å². The minimum absolute atomic E-state index is 0.109. The molecule has 0 bridgehead atoms. The van der Waals surface area contributed by atoms with E-state index in [-0.39, 0.29) is 23.5 Å². The van der Waals surface area contributed by atoms with Crippen LogP contribution < -0.4 is 5.73 Å². The Morgan fingerprint density at radius 3 is 2.78 bits per heavy atom. The maximum Gasteiger partial charge on any atom is 0.294 e. The van der Waals surface area contributed by atoms with Crippen molar-refractivity contribution < 1.29 is 9.59 Å². The van der Waals surface area contributed by atoms with Gasteiger partial charge in [-0.15, -0.1) is 5.10 Å². The molecule has 3 aromatic heterocycles. The van der Waals surface area contributed by atoms with Gasteiger partial charge in [0.2, 0.25) is 5.82 Å². The van der Waals surface area contributed by atoms with Crippen molar-refractivity contribution in [1.29, 1.82) is 0 Å². The van der Waals surface area contributed by atoms with Crippen LogP contribution in [0, 0.1) is 13.8 Å². The van der Waals surface area contributed by atoms with Crippen molar-refractivity contribution in [2.45, 2.75) is 39.2 Å². The summed E-state index contributed by atoms with van der Waals surface area (Å²) < 4.78 is 1.57. The van der Waals surface area contributed by atoms with Gasteiger partial charge < -0.3 is 10.6 Å². The molecule has 1 unspecified atom stereocenters. The highest BCUT2D eigenvalue weighted by molar-refractivity contribution is 5.92. The van der Waals surface area contributed by atoms with E-state index in [1.54, 1.807) is 15.5 Å². The lowest BCUT2D eigenvalue weighted by molar-refractivity contribution is 0.0593. The van der Waals surface area contributed by atoms with Crippen LogP contribution in [0.25, 0.3) is 5.78 Å². The summed E-state index contributed by atoms with van der Waals surface area (Å²) >= 11 is 0. The minimum Gasteiger partial charge on any atom is -0.364 e. The number of nitrogens with zero attached hydrogens (tertiary/aromatic N) is 6. The lowest BCUT2D eigenvalue weighted by Gasteiger charge is -2.34. The van der Waals surface area contributed by atoms with E-state index in [1.165, 1.54) is 0 Å². The fourth-order valence-corrected chi connectivity index (χ4v) is 3.52. The van der Waals surface area contributed by atoms with Crippen molar-refractivity contribution in [1.82, 2.24) is 34.7 Å². The van der Waals surface area contributed by atoms with Crippen molar-refractivity contribution in [2.75, 3.05) is 6.54 Å². The van der Waals surface area contributed by atoms with Crippen LogP contribution in [0.1, 0.15) is 63.5 Å². The largest absolute Gasteiger partial charge is 0.364 e. The molecule has 140 valence electrons. The number of primary amides is 1. The lowest BCUT2D eigenvalue weighted by Crippen LogP contribution is -2.39. The Balaban J connectivity index is 1.68. The molecule has 0 radical (unpaired) electrons. The van der Waals surface area contributed by atoms with Gasteiger partial charge in [-0.25, -0.2) is 9.50 Å². The smallest absolute Gasteiger partial charge is 0.294 e. The van der Waals surface area contributed by atoms with Crippen LogP contribution in [0.2, 0.25) is 0 Å². The van der Waals surface area contributed by atoms with Gasteiger partial charge in [-0.05, 0) is 45.2 Å². The zero-order valence-corrected chi connectivity index (χ0v) is 15.1. The van der Waals surface area contributed by atoms with Crippen LogP contribution >= 0.6 is 0 Å². The zero-order chi connectivity index (χ0) is 19.1. The van der Waals surface area contributed by atoms with Crippen LogP contribution in [0.3, 0.4) is 0 Å². The molecule has 1 atom stereocenters. The Morgan fingerprint density at radius 2 is 2.04 bits per heavy atom. The quantitative estimate of drug-likeness (QED) is 0.706. The number of likely N-dealkylation sites (tertiary alicyclic amines) is 1. The molecule has 0 aromatic carbocycles. The first kappa shape index (κ1) is 17.1. The van der Waals surface area contributed by atoms with Gasteiger partial charge in [0.1, 0.15) is 5.69 Å². The number of carbonyl (C=O) groups excluding carboxylic acids is 2. The number of carbonyl (C=O) groups is 2. The second-order valence-corrected chi connectivity index (χ2v) is 6.77. The predicted octanol–water partition coefficient (Wildman–Crippen LogP) is 0.931. The third kappa shape index (κ3) is 3.03. The molecule has 2 amide bonds. The maximum atomic E-state index is 13.1. The highest BCUT2D eigenvalue weighted by atomic mass is 16.2. The molecule has 1 aliphatic heterocycles. The van der Waals surface area contributed by atoms with Gasteiger partial charge in [0.15, 0.2) is 0 Å². The summed E-state index contributed by atoms with van der Waals surface area (Å²) in [5.41, 5.74) is 7.80. The van der Waals surface area contributed by atoms with E-state index in [0.29, 0.717) is 18.0 Å². The number of amides is 2. The van der Waals surface area contributed by atoms with Gasteiger partial charge in [0, 0.05) is 17.9 Å². The van der Waals surface area contributed by atoms with Crippen LogP contribution in [0.15, 0.2) is 12.1 Å². The third-order valence-corrected chi connectivity index (χ3v) is 4.78. The Bertz CT molecular complexity index is 1040. The number of aryl methyl sites for hydroxylation is 2. The zero-order valence-electron chi connectivity index (χ0n) is 15.1. The standard InChI is InChI=1S/C17H20N8O2/c1-9-7-10(2)25-17(19-9)20-15(23-25)16(27)24-6-4-3-5-13(24)11-8-12(14(18)26)22-21-11/h7-8,13H,3-6H2,1-2H3,(H2,18,26)(H,21,22). The number of nitrogens with two attached hydrogens (primary N) is 1. The van der Waals surface area contributed by atoms with Crippen molar-refractivity contribution in [3.63, 3.8) is 0 Å². The number of H-pyrrole nitrogens is 1. The summed E-state index contributed by atoms with van der Waals surface area (Å²) in [6.07, 6.45) is 2.62. The van der Waals surface area contributed by atoms with Gasteiger partial charge >= 0.3 is 0 Å². The second kappa shape index (κ2) is 6.45. The molecule has 1 aliphatic rings. The van der Waals surface area contributed by atoms with Crippen molar-refractivity contribution in [3.8, 4) is 0 Å². The molecule has 27 heavy (non-hydrogen) atoms. The average molecular weight is 368 g/mol. The minimum atomic E-state index is -0.606. The van der Waals surface area contributed by atoms with Crippen molar-refractivity contribution in [3.05, 3.63) is 40.7 Å². The topological polar surface area (TPSA) is 135 Å². The number of piperidine rings is 1. The first-order valence-corrected chi connectivity index (χ1v) is 8.81. The fourth-order valence-electron chi connectivity index (χ4n) is 3.52. The Labute approximate surface area is 154 Å². The molecule has 1 saturated heterocycles. The molecule has 10 heteroatoms.